The van der Waals surface area contributed by atoms with Gasteiger partial charge in [0.2, 0.25) is 0 Å². The molecule has 0 bridgehead atoms. The highest BCUT2D eigenvalue weighted by molar-refractivity contribution is 9.10. The summed E-state index contributed by atoms with van der Waals surface area (Å²) >= 11 is 3.46. The molecule has 2 atom stereocenters. The molecule has 0 saturated heterocycles. The molecule has 2 aromatic rings. The zero-order valence-corrected chi connectivity index (χ0v) is 12.0. The summed E-state index contributed by atoms with van der Waals surface area (Å²) in [6.07, 6.45) is 1.92. The van der Waals surface area contributed by atoms with Gasteiger partial charge in [0.15, 0.2) is 5.78 Å². The van der Waals surface area contributed by atoms with Crippen LogP contribution in [0.3, 0.4) is 0 Å². The summed E-state index contributed by atoms with van der Waals surface area (Å²) in [5.74, 6) is 0.761. The third-order valence-electron chi connectivity index (χ3n) is 4.57. The van der Waals surface area contributed by atoms with Gasteiger partial charge in [-0.25, -0.2) is 0 Å². The third kappa shape index (κ3) is 1.56. The Labute approximate surface area is 120 Å². The van der Waals surface area contributed by atoms with Gasteiger partial charge in [0, 0.05) is 15.5 Å². The van der Waals surface area contributed by atoms with Crippen LogP contribution in [0.1, 0.15) is 33.8 Å². The standard InChI is InChI=1S/C17H13BrO/c18-13-7-5-11(6-8-13)15-10-17(15)9-12-3-1-2-4-14(12)16(17)19/h1-8,15H,9-10H2/t15-,17-/m1/s1. The van der Waals surface area contributed by atoms with Crippen LogP contribution >= 0.6 is 15.9 Å². The van der Waals surface area contributed by atoms with Crippen molar-refractivity contribution in [2.75, 3.05) is 0 Å². The van der Waals surface area contributed by atoms with E-state index in [-0.39, 0.29) is 5.41 Å². The number of halogens is 1. The molecule has 2 aromatic carbocycles. The van der Waals surface area contributed by atoms with E-state index in [1.54, 1.807) is 0 Å². The number of ketones is 1. The Morgan fingerprint density at radius 2 is 1.79 bits per heavy atom. The molecular formula is C17H13BrO. The maximum Gasteiger partial charge on any atom is 0.170 e. The van der Waals surface area contributed by atoms with Crippen LogP contribution in [0, 0.1) is 5.41 Å². The average Bonchev–Trinajstić information content (AvgIpc) is 3.07. The molecule has 1 fully saturated rings. The molecule has 0 aromatic heterocycles. The van der Waals surface area contributed by atoms with E-state index in [1.165, 1.54) is 11.1 Å². The Bertz CT molecular complexity index is 674. The summed E-state index contributed by atoms with van der Waals surface area (Å²) in [4.78, 5) is 12.6. The van der Waals surface area contributed by atoms with Gasteiger partial charge in [-0.2, -0.15) is 0 Å². The fourth-order valence-electron chi connectivity index (χ4n) is 3.47. The predicted molar refractivity (Wildman–Crippen MR) is 78.4 cm³/mol. The van der Waals surface area contributed by atoms with Gasteiger partial charge in [-0.3, -0.25) is 4.79 Å². The average molecular weight is 313 g/mol. The molecule has 94 valence electrons. The lowest BCUT2D eigenvalue weighted by Gasteiger charge is -2.07. The van der Waals surface area contributed by atoms with Crippen molar-refractivity contribution >= 4 is 21.7 Å². The molecule has 0 aliphatic heterocycles. The van der Waals surface area contributed by atoms with Crippen molar-refractivity contribution in [2.45, 2.75) is 18.8 Å². The molecule has 1 nitrogen and oxygen atoms in total. The maximum absolute atomic E-state index is 12.6. The molecule has 4 rings (SSSR count). The first-order valence-corrected chi connectivity index (χ1v) is 7.38. The van der Waals surface area contributed by atoms with Crippen LogP contribution in [0.5, 0.6) is 0 Å². The van der Waals surface area contributed by atoms with Gasteiger partial charge in [-0.15, -0.1) is 0 Å². The minimum Gasteiger partial charge on any atom is -0.294 e. The van der Waals surface area contributed by atoms with Gasteiger partial charge in [0.1, 0.15) is 0 Å². The van der Waals surface area contributed by atoms with E-state index in [0.717, 1.165) is 22.9 Å². The van der Waals surface area contributed by atoms with Crippen molar-refractivity contribution in [3.8, 4) is 0 Å². The van der Waals surface area contributed by atoms with Gasteiger partial charge in [0.25, 0.3) is 0 Å². The summed E-state index contributed by atoms with van der Waals surface area (Å²) in [5.41, 5.74) is 3.34. The van der Waals surface area contributed by atoms with E-state index >= 15 is 0 Å². The monoisotopic (exact) mass is 312 g/mol. The Morgan fingerprint density at radius 1 is 1.05 bits per heavy atom. The molecule has 1 saturated carbocycles. The molecule has 0 heterocycles. The fourth-order valence-corrected chi connectivity index (χ4v) is 3.73. The predicted octanol–water partition coefficient (Wildman–Crippen LogP) is 4.36. The Morgan fingerprint density at radius 3 is 2.53 bits per heavy atom. The summed E-state index contributed by atoms with van der Waals surface area (Å²) < 4.78 is 1.09. The van der Waals surface area contributed by atoms with Gasteiger partial charge in [-0.1, -0.05) is 52.3 Å². The molecule has 2 aliphatic rings. The van der Waals surface area contributed by atoms with E-state index in [1.807, 2.05) is 18.2 Å². The highest BCUT2D eigenvalue weighted by atomic mass is 79.9. The van der Waals surface area contributed by atoms with E-state index in [4.69, 9.17) is 0 Å². The van der Waals surface area contributed by atoms with Gasteiger partial charge < -0.3 is 0 Å². The SMILES string of the molecule is O=C1c2ccccc2C[C@]12C[C@@H]2c1ccc(Br)cc1. The summed E-state index contributed by atoms with van der Waals surface area (Å²) in [6.45, 7) is 0. The van der Waals surface area contributed by atoms with Crippen molar-refractivity contribution in [3.63, 3.8) is 0 Å². The molecule has 0 unspecified atom stereocenters. The fraction of sp³-hybridized carbons (Fsp3) is 0.235. The lowest BCUT2D eigenvalue weighted by molar-refractivity contribution is 0.0914. The second-order valence-electron chi connectivity index (χ2n) is 5.63. The highest BCUT2D eigenvalue weighted by Gasteiger charge is 2.63. The largest absolute Gasteiger partial charge is 0.294 e. The number of carbonyl (C=O) groups is 1. The van der Waals surface area contributed by atoms with E-state index in [2.05, 4.69) is 46.3 Å². The second-order valence-corrected chi connectivity index (χ2v) is 6.54. The smallest absolute Gasteiger partial charge is 0.170 e. The first kappa shape index (κ1) is 11.4. The summed E-state index contributed by atoms with van der Waals surface area (Å²) in [7, 11) is 0. The number of hydrogen-bond acceptors (Lipinski definition) is 1. The van der Waals surface area contributed by atoms with Crippen LogP contribution in [-0.4, -0.2) is 5.78 Å². The number of fused-ring (bicyclic) bond motifs is 1. The summed E-state index contributed by atoms with van der Waals surface area (Å²) in [5, 5.41) is 0. The zero-order valence-electron chi connectivity index (χ0n) is 10.4. The topological polar surface area (TPSA) is 17.1 Å². The number of benzene rings is 2. The molecule has 0 amide bonds. The Kier molecular flexibility index (Phi) is 2.28. The van der Waals surface area contributed by atoms with Gasteiger partial charge >= 0.3 is 0 Å². The molecule has 1 spiro atoms. The van der Waals surface area contributed by atoms with Gasteiger partial charge in [0.05, 0.1) is 0 Å². The molecule has 0 N–H and O–H groups in total. The maximum atomic E-state index is 12.6. The molecule has 2 heteroatoms. The minimum atomic E-state index is -0.127. The third-order valence-corrected chi connectivity index (χ3v) is 5.10. The van der Waals surface area contributed by atoms with Crippen LogP contribution in [-0.2, 0) is 6.42 Å². The first-order valence-electron chi connectivity index (χ1n) is 6.59. The second kappa shape index (κ2) is 3.80. The van der Waals surface area contributed by atoms with Crippen LogP contribution < -0.4 is 0 Å². The van der Waals surface area contributed by atoms with Crippen LogP contribution in [0.4, 0.5) is 0 Å². The highest BCUT2D eigenvalue weighted by Crippen LogP contribution is 2.65. The van der Waals surface area contributed by atoms with Gasteiger partial charge in [-0.05, 0) is 42.0 Å². The number of Topliss-reactive ketones (excluding diaryl/α,β-unsaturated/α-hetero) is 1. The number of rotatable bonds is 1. The van der Waals surface area contributed by atoms with Crippen molar-refractivity contribution in [1.82, 2.24) is 0 Å². The van der Waals surface area contributed by atoms with Crippen molar-refractivity contribution in [2.24, 2.45) is 5.41 Å². The lowest BCUT2D eigenvalue weighted by atomic mass is 9.95. The van der Waals surface area contributed by atoms with Crippen molar-refractivity contribution < 1.29 is 4.79 Å². The van der Waals surface area contributed by atoms with E-state index < -0.39 is 0 Å². The van der Waals surface area contributed by atoms with Crippen LogP contribution in [0.25, 0.3) is 0 Å². The van der Waals surface area contributed by atoms with E-state index in [0.29, 0.717) is 11.7 Å². The lowest BCUT2D eigenvalue weighted by Crippen LogP contribution is -2.12. The van der Waals surface area contributed by atoms with Crippen molar-refractivity contribution in [3.05, 3.63) is 69.7 Å². The Balaban J connectivity index is 1.70. The molecule has 2 aliphatic carbocycles. The zero-order chi connectivity index (χ0) is 13.0. The Hall–Kier alpha value is -1.41. The van der Waals surface area contributed by atoms with Crippen LogP contribution in [0.2, 0.25) is 0 Å². The van der Waals surface area contributed by atoms with Crippen LogP contribution in [0.15, 0.2) is 53.0 Å². The molecular weight excluding hydrogens is 300 g/mol. The molecule has 19 heavy (non-hydrogen) atoms. The first-order chi connectivity index (χ1) is 9.21. The van der Waals surface area contributed by atoms with Crippen molar-refractivity contribution in [1.29, 1.82) is 0 Å². The quantitative estimate of drug-likeness (QED) is 0.764. The van der Waals surface area contributed by atoms with E-state index in [9.17, 15) is 4.79 Å². The number of hydrogen-bond donors (Lipinski definition) is 0. The molecule has 0 radical (unpaired) electrons. The number of carbonyl (C=O) groups excluding carboxylic acids is 1. The summed E-state index contributed by atoms with van der Waals surface area (Å²) in [6, 6.07) is 16.5. The minimum absolute atomic E-state index is 0.127. The normalized spacial score (nSPS) is 27.6.